The van der Waals surface area contributed by atoms with Crippen LogP contribution in [0.15, 0.2) is 27.2 Å². The van der Waals surface area contributed by atoms with Crippen LogP contribution >= 0.6 is 23.1 Å². The zero-order chi connectivity index (χ0) is 14.3. The molecule has 1 aliphatic rings. The lowest BCUT2D eigenvalue weighted by atomic mass is 10.1. The molecule has 1 N–H and O–H groups in total. The van der Waals surface area contributed by atoms with Crippen LogP contribution < -0.4 is 10.7 Å². The highest BCUT2D eigenvalue weighted by Crippen LogP contribution is 2.40. The Kier molecular flexibility index (Phi) is 3.52. The smallest absolute Gasteiger partial charge is 0.216 e. The van der Waals surface area contributed by atoms with Crippen molar-refractivity contribution >= 4 is 39.1 Å². The molecule has 1 aliphatic heterocycles. The molecule has 3 rings (SSSR count). The van der Waals surface area contributed by atoms with Gasteiger partial charge >= 0.3 is 0 Å². The summed E-state index contributed by atoms with van der Waals surface area (Å²) in [5, 5.41) is 3.53. The molecule has 1 atom stereocenters. The van der Waals surface area contributed by atoms with E-state index in [0.717, 1.165) is 9.77 Å². The van der Waals surface area contributed by atoms with Gasteiger partial charge in [0.1, 0.15) is 5.82 Å². The predicted octanol–water partition coefficient (Wildman–Crippen LogP) is 2.55. The number of carbonyl (C=O) groups excluding carboxylic acids is 1. The average molecular weight is 309 g/mol. The normalized spacial score (nSPS) is 17.2. The second-order valence-electron chi connectivity index (χ2n) is 4.72. The summed E-state index contributed by atoms with van der Waals surface area (Å²) >= 11 is 3.05. The van der Waals surface area contributed by atoms with Crippen molar-refractivity contribution in [3.05, 3.63) is 39.8 Å². The molecule has 104 valence electrons. The molecule has 1 unspecified atom stereocenters. The third kappa shape index (κ3) is 2.45. The van der Waals surface area contributed by atoms with E-state index in [4.69, 9.17) is 0 Å². The highest BCUT2D eigenvalue weighted by atomic mass is 32.2. The van der Waals surface area contributed by atoms with Gasteiger partial charge in [0, 0.05) is 34.4 Å². The number of rotatable bonds is 2. The van der Waals surface area contributed by atoms with Gasteiger partial charge in [-0.3, -0.25) is 9.59 Å². The lowest BCUT2D eigenvalue weighted by Gasteiger charge is -2.07. The number of nitrogens with one attached hydrogen (secondary N) is 1. The van der Waals surface area contributed by atoms with E-state index in [1.54, 1.807) is 17.8 Å². The molecular formula is C14H12FNO2S2. The summed E-state index contributed by atoms with van der Waals surface area (Å²) in [6.07, 6.45) is 0.656. The third-order valence-corrected chi connectivity index (χ3v) is 5.85. The molecule has 2 heterocycles. The first-order chi connectivity index (χ1) is 9.54. The van der Waals surface area contributed by atoms with Crippen LogP contribution in [-0.2, 0) is 11.2 Å². The number of amides is 1. The zero-order valence-corrected chi connectivity index (χ0v) is 12.4. The molecule has 6 heteroatoms. The SMILES string of the molecule is CC(=O)NCC1Cc2c(sc3cc(F)ccc3c2=O)S1. The fourth-order valence-electron chi connectivity index (χ4n) is 2.25. The Balaban J connectivity index is 1.97. The molecule has 0 radical (unpaired) electrons. The highest BCUT2D eigenvalue weighted by Gasteiger charge is 2.26. The lowest BCUT2D eigenvalue weighted by molar-refractivity contribution is -0.118. The summed E-state index contributed by atoms with van der Waals surface area (Å²) in [5.41, 5.74) is 0.793. The topological polar surface area (TPSA) is 46.2 Å². The van der Waals surface area contributed by atoms with Crippen molar-refractivity contribution in [1.29, 1.82) is 0 Å². The molecule has 2 aromatic rings. The van der Waals surface area contributed by atoms with E-state index in [9.17, 15) is 14.0 Å². The first kappa shape index (κ1) is 13.6. The van der Waals surface area contributed by atoms with Gasteiger partial charge in [0.25, 0.3) is 0 Å². The summed E-state index contributed by atoms with van der Waals surface area (Å²) in [6, 6.07) is 4.28. The van der Waals surface area contributed by atoms with Crippen LogP contribution in [0.2, 0.25) is 0 Å². The minimum Gasteiger partial charge on any atom is -0.355 e. The number of carbonyl (C=O) groups is 1. The maximum Gasteiger partial charge on any atom is 0.216 e. The molecule has 0 saturated heterocycles. The summed E-state index contributed by atoms with van der Waals surface area (Å²) < 4.78 is 14.9. The molecule has 1 aromatic heterocycles. The Bertz CT molecular complexity index is 757. The zero-order valence-electron chi connectivity index (χ0n) is 10.7. The van der Waals surface area contributed by atoms with Crippen LogP contribution in [0, 0.1) is 5.82 Å². The monoisotopic (exact) mass is 309 g/mol. The molecule has 1 amide bonds. The van der Waals surface area contributed by atoms with Crippen LogP contribution in [0.5, 0.6) is 0 Å². The number of thioether (sulfide) groups is 1. The number of hydrogen-bond acceptors (Lipinski definition) is 4. The number of benzene rings is 1. The third-order valence-electron chi connectivity index (χ3n) is 3.20. The van der Waals surface area contributed by atoms with Gasteiger partial charge in [0.15, 0.2) is 5.43 Å². The maximum atomic E-state index is 13.3. The van der Waals surface area contributed by atoms with Gasteiger partial charge in [-0.2, -0.15) is 0 Å². The largest absolute Gasteiger partial charge is 0.355 e. The Labute approximate surface area is 123 Å². The fraction of sp³-hybridized carbons (Fsp3) is 0.286. The Morgan fingerprint density at radius 1 is 1.50 bits per heavy atom. The first-order valence-electron chi connectivity index (χ1n) is 6.21. The van der Waals surface area contributed by atoms with Crippen molar-refractivity contribution in [2.45, 2.75) is 22.8 Å². The highest BCUT2D eigenvalue weighted by molar-refractivity contribution is 8.02. The standard InChI is InChI=1S/C14H12FNO2S2/c1-7(17)16-6-9-5-11-13(18)10-3-2-8(15)4-12(10)20-14(11)19-9/h2-4,9H,5-6H2,1H3,(H,16,17). The van der Waals surface area contributed by atoms with Crippen LogP contribution in [0.4, 0.5) is 4.39 Å². The van der Waals surface area contributed by atoms with E-state index < -0.39 is 0 Å². The molecule has 3 nitrogen and oxygen atoms in total. The average Bonchev–Trinajstić information content (AvgIpc) is 2.79. The van der Waals surface area contributed by atoms with E-state index in [-0.39, 0.29) is 22.4 Å². The summed E-state index contributed by atoms with van der Waals surface area (Å²) in [5.74, 6) is -0.397. The number of fused-ring (bicyclic) bond motifs is 2. The number of hydrogen-bond donors (Lipinski definition) is 1. The van der Waals surface area contributed by atoms with Gasteiger partial charge in [-0.1, -0.05) is 0 Å². The quantitative estimate of drug-likeness (QED) is 0.927. The van der Waals surface area contributed by atoms with E-state index in [1.165, 1.54) is 30.4 Å². The van der Waals surface area contributed by atoms with E-state index in [0.29, 0.717) is 23.1 Å². The van der Waals surface area contributed by atoms with Gasteiger partial charge in [-0.15, -0.1) is 23.1 Å². The summed E-state index contributed by atoms with van der Waals surface area (Å²) in [7, 11) is 0. The predicted molar refractivity (Wildman–Crippen MR) is 80.1 cm³/mol. The minimum absolute atomic E-state index is 0.00780. The van der Waals surface area contributed by atoms with Crippen LogP contribution in [0.1, 0.15) is 12.5 Å². The Morgan fingerprint density at radius 2 is 2.30 bits per heavy atom. The van der Waals surface area contributed by atoms with Crippen LogP contribution in [0.25, 0.3) is 10.1 Å². The second kappa shape index (κ2) is 5.18. The Hall–Kier alpha value is -1.40. The van der Waals surface area contributed by atoms with Crippen LogP contribution in [-0.4, -0.2) is 17.7 Å². The molecule has 0 saturated carbocycles. The van der Waals surface area contributed by atoms with E-state index in [1.807, 2.05) is 0 Å². The molecule has 0 fully saturated rings. The Morgan fingerprint density at radius 3 is 3.05 bits per heavy atom. The van der Waals surface area contributed by atoms with Gasteiger partial charge in [0.2, 0.25) is 5.91 Å². The van der Waals surface area contributed by atoms with E-state index >= 15 is 0 Å². The molecule has 1 aromatic carbocycles. The van der Waals surface area contributed by atoms with Gasteiger partial charge < -0.3 is 5.32 Å². The minimum atomic E-state index is -0.328. The summed E-state index contributed by atoms with van der Waals surface area (Å²) in [6.45, 7) is 2.02. The van der Waals surface area contributed by atoms with Gasteiger partial charge in [-0.25, -0.2) is 4.39 Å². The van der Waals surface area contributed by atoms with Crippen molar-refractivity contribution in [3.8, 4) is 0 Å². The van der Waals surface area contributed by atoms with Crippen molar-refractivity contribution in [2.24, 2.45) is 0 Å². The molecule has 20 heavy (non-hydrogen) atoms. The summed E-state index contributed by atoms with van der Waals surface area (Å²) in [4.78, 5) is 23.3. The molecule has 0 bridgehead atoms. The lowest BCUT2D eigenvalue weighted by Crippen LogP contribution is -2.28. The molecular weight excluding hydrogens is 297 g/mol. The van der Waals surface area contributed by atoms with E-state index in [2.05, 4.69) is 5.32 Å². The van der Waals surface area contributed by atoms with Crippen molar-refractivity contribution < 1.29 is 9.18 Å². The van der Waals surface area contributed by atoms with Gasteiger partial charge in [-0.05, 0) is 24.6 Å². The van der Waals surface area contributed by atoms with Crippen molar-refractivity contribution in [2.75, 3.05) is 6.54 Å². The van der Waals surface area contributed by atoms with Crippen molar-refractivity contribution in [3.63, 3.8) is 0 Å². The van der Waals surface area contributed by atoms with Crippen LogP contribution in [0.3, 0.4) is 0 Å². The maximum absolute atomic E-state index is 13.3. The molecule has 0 spiro atoms. The van der Waals surface area contributed by atoms with Gasteiger partial charge in [0.05, 0.1) is 4.21 Å². The first-order valence-corrected chi connectivity index (χ1v) is 7.90. The molecule has 0 aliphatic carbocycles. The van der Waals surface area contributed by atoms with Crippen molar-refractivity contribution in [1.82, 2.24) is 5.32 Å². The second-order valence-corrected chi connectivity index (χ2v) is 7.34. The fourth-order valence-corrected chi connectivity index (χ4v) is 5.10. The number of halogens is 1.